The van der Waals surface area contributed by atoms with Crippen LogP contribution in [-0.2, 0) is 10.3 Å². The largest absolute Gasteiger partial charge is 0.497 e. The number of rotatable bonds is 2. The van der Waals surface area contributed by atoms with Crippen molar-refractivity contribution in [2.24, 2.45) is 5.92 Å². The van der Waals surface area contributed by atoms with Gasteiger partial charge in [0.2, 0.25) is 0 Å². The summed E-state index contributed by atoms with van der Waals surface area (Å²) in [4.78, 5) is 0. The lowest BCUT2D eigenvalue weighted by atomic mass is 9.80. The minimum absolute atomic E-state index is 0.0910. The van der Waals surface area contributed by atoms with Crippen LogP contribution in [0.1, 0.15) is 19.4 Å². The van der Waals surface area contributed by atoms with Gasteiger partial charge in [-0.2, -0.15) is 0 Å². The van der Waals surface area contributed by atoms with Crippen LogP contribution in [-0.4, -0.2) is 13.7 Å². The summed E-state index contributed by atoms with van der Waals surface area (Å²) < 4.78 is 10.8. The van der Waals surface area contributed by atoms with E-state index >= 15 is 0 Å². The first kappa shape index (κ1) is 9.53. The third-order valence-corrected chi connectivity index (χ3v) is 3.24. The van der Waals surface area contributed by atoms with Crippen molar-refractivity contribution in [1.29, 1.82) is 0 Å². The smallest absolute Gasteiger partial charge is 0.118 e. The Labute approximate surface area is 84.8 Å². The zero-order valence-corrected chi connectivity index (χ0v) is 8.91. The van der Waals surface area contributed by atoms with Crippen LogP contribution in [0.2, 0.25) is 0 Å². The molecule has 0 aromatic heterocycles. The maximum Gasteiger partial charge on any atom is 0.118 e. The zero-order valence-electron chi connectivity index (χ0n) is 8.91. The maximum atomic E-state index is 5.65. The topological polar surface area (TPSA) is 18.5 Å². The standard InChI is InChI=1S/C12H16O2/c1-9-8-14-12(9,2)10-4-6-11(13-3)7-5-10/h4-7,9H,8H2,1-3H3. The molecule has 2 unspecified atom stereocenters. The van der Waals surface area contributed by atoms with Gasteiger partial charge in [-0.15, -0.1) is 0 Å². The van der Waals surface area contributed by atoms with E-state index < -0.39 is 0 Å². The number of ether oxygens (including phenoxy) is 2. The van der Waals surface area contributed by atoms with Gasteiger partial charge in [0.1, 0.15) is 5.75 Å². The molecule has 1 fully saturated rings. The van der Waals surface area contributed by atoms with E-state index in [9.17, 15) is 0 Å². The Morgan fingerprint density at radius 3 is 2.36 bits per heavy atom. The van der Waals surface area contributed by atoms with Crippen molar-refractivity contribution in [2.45, 2.75) is 19.4 Å². The first-order valence-corrected chi connectivity index (χ1v) is 4.95. The Morgan fingerprint density at radius 1 is 1.36 bits per heavy atom. The molecule has 1 saturated heterocycles. The maximum absolute atomic E-state index is 5.65. The van der Waals surface area contributed by atoms with Crippen LogP contribution in [0.5, 0.6) is 5.75 Å². The summed E-state index contributed by atoms with van der Waals surface area (Å²) in [6.07, 6.45) is 0. The molecule has 0 bridgehead atoms. The van der Waals surface area contributed by atoms with Gasteiger partial charge < -0.3 is 9.47 Å². The first-order valence-electron chi connectivity index (χ1n) is 4.95. The van der Waals surface area contributed by atoms with Crippen LogP contribution < -0.4 is 4.74 Å². The molecule has 1 aromatic rings. The van der Waals surface area contributed by atoms with Gasteiger partial charge in [-0.1, -0.05) is 19.1 Å². The third-order valence-electron chi connectivity index (χ3n) is 3.24. The lowest BCUT2D eigenvalue weighted by Gasteiger charge is -2.45. The molecular weight excluding hydrogens is 176 g/mol. The molecule has 76 valence electrons. The van der Waals surface area contributed by atoms with E-state index in [1.165, 1.54) is 5.56 Å². The normalized spacial score (nSPS) is 30.9. The van der Waals surface area contributed by atoms with Crippen molar-refractivity contribution in [3.63, 3.8) is 0 Å². The van der Waals surface area contributed by atoms with Crippen LogP contribution in [0.3, 0.4) is 0 Å². The van der Waals surface area contributed by atoms with Gasteiger partial charge in [0, 0.05) is 5.92 Å². The second kappa shape index (κ2) is 3.28. The molecule has 2 heteroatoms. The first-order chi connectivity index (χ1) is 6.66. The van der Waals surface area contributed by atoms with E-state index in [-0.39, 0.29) is 5.60 Å². The lowest BCUT2D eigenvalue weighted by Crippen LogP contribution is -2.46. The summed E-state index contributed by atoms with van der Waals surface area (Å²) in [6.45, 7) is 5.22. The molecule has 1 aliphatic rings. The van der Waals surface area contributed by atoms with Gasteiger partial charge in [-0.05, 0) is 24.6 Å². The molecule has 0 saturated carbocycles. The fourth-order valence-corrected chi connectivity index (χ4v) is 1.79. The van der Waals surface area contributed by atoms with Crippen molar-refractivity contribution < 1.29 is 9.47 Å². The number of hydrogen-bond donors (Lipinski definition) is 0. The predicted molar refractivity (Wildman–Crippen MR) is 55.5 cm³/mol. The van der Waals surface area contributed by atoms with Crippen molar-refractivity contribution in [2.75, 3.05) is 13.7 Å². The molecule has 14 heavy (non-hydrogen) atoms. The van der Waals surface area contributed by atoms with Crippen LogP contribution in [0.25, 0.3) is 0 Å². The summed E-state index contributed by atoms with van der Waals surface area (Å²) in [5.74, 6) is 1.49. The van der Waals surface area contributed by atoms with Gasteiger partial charge in [-0.25, -0.2) is 0 Å². The predicted octanol–water partition coefficient (Wildman–Crippen LogP) is 2.58. The second-order valence-corrected chi connectivity index (χ2v) is 4.05. The Kier molecular flexibility index (Phi) is 2.23. The van der Waals surface area contributed by atoms with E-state index in [2.05, 4.69) is 26.0 Å². The number of benzene rings is 1. The molecule has 2 rings (SSSR count). The second-order valence-electron chi connectivity index (χ2n) is 4.05. The van der Waals surface area contributed by atoms with E-state index in [4.69, 9.17) is 9.47 Å². The lowest BCUT2D eigenvalue weighted by molar-refractivity contribution is -0.193. The molecular formula is C12H16O2. The molecule has 0 amide bonds. The molecule has 0 radical (unpaired) electrons. The summed E-state index contributed by atoms with van der Waals surface area (Å²) in [6, 6.07) is 8.12. The summed E-state index contributed by atoms with van der Waals surface area (Å²) in [7, 11) is 1.68. The minimum atomic E-state index is -0.0910. The van der Waals surface area contributed by atoms with Gasteiger partial charge in [0.15, 0.2) is 0 Å². The average Bonchev–Trinajstić information content (AvgIpc) is 2.26. The molecule has 1 aromatic carbocycles. The average molecular weight is 192 g/mol. The highest BCUT2D eigenvalue weighted by Gasteiger charge is 2.42. The zero-order chi connectivity index (χ0) is 10.2. The van der Waals surface area contributed by atoms with Crippen molar-refractivity contribution in [1.82, 2.24) is 0 Å². The van der Waals surface area contributed by atoms with Gasteiger partial charge in [0.25, 0.3) is 0 Å². The molecule has 1 aliphatic heterocycles. The van der Waals surface area contributed by atoms with E-state index in [1.54, 1.807) is 7.11 Å². The molecule has 0 spiro atoms. The third kappa shape index (κ3) is 1.30. The van der Waals surface area contributed by atoms with Gasteiger partial charge >= 0.3 is 0 Å². The van der Waals surface area contributed by atoms with Crippen LogP contribution >= 0.6 is 0 Å². The summed E-state index contributed by atoms with van der Waals surface area (Å²) >= 11 is 0. The van der Waals surface area contributed by atoms with Crippen molar-refractivity contribution in [3.05, 3.63) is 29.8 Å². The fraction of sp³-hybridized carbons (Fsp3) is 0.500. The van der Waals surface area contributed by atoms with Crippen LogP contribution in [0.4, 0.5) is 0 Å². The highest BCUT2D eigenvalue weighted by atomic mass is 16.5. The molecule has 0 N–H and O–H groups in total. The van der Waals surface area contributed by atoms with E-state index in [0.717, 1.165) is 12.4 Å². The van der Waals surface area contributed by atoms with Crippen LogP contribution in [0.15, 0.2) is 24.3 Å². The number of hydrogen-bond acceptors (Lipinski definition) is 2. The minimum Gasteiger partial charge on any atom is -0.497 e. The molecule has 2 nitrogen and oxygen atoms in total. The quantitative estimate of drug-likeness (QED) is 0.717. The monoisotopic (exact) mass is 192 g/mol. The Bertz CT molecular complexity index is 318. The number of methoxy groups -OCH3 is 1. The Balaban J connectivity index is 2.24. The van der Waals surface area contributed by atoms with Crippen LogP contribution in [0, 0.1) is 5.92 Å². The summed E-state index contributed by atoms with van der Waals surface area (Å²) in [5.41, 5.74) is 1.14. The molecule has 0 aliphatic carbocycles. The van der Waals surface area contributed by atoms with Gasteiger partial charge in [0.05, 0.1) is 19.3 Å². The Hall–Kier alpha value is -1.02. The molecule has 1 heterocycles. The Morgan fingerprint density at radius 2 is 2.00 bits per heavy atom. The van der Waals surface area contributed by atoms with E-state index in [0.29, 0.717) is 5.92 Å². The highest BCUT2D eigenvalue weighted by molar-refractivity contribution is 5.32. The SMILES string of the molecule is COc1ccc(C2(C)OCC2C)cc1. The van der Waals surface area contributed by atoms with Crippen molar-refractivity contribution >= 4 is 0 Å². The fourth-order valence-electron chi connectivity index (χ4n) is 1.79. The van der Waals surface area contributed by atoms with Crippen molar-refractivity contribution in [3.8, 4) is 5.75 Å². The summed E-state index contributed by atoms with van der Waals surface area (Å²) in [5, 5.41) is 0. The van der Waals surface area contributed by atoms with E-state index in [1.807, 2.05) is 12.1 Å². The molecule has 2 atom stereocenters. The van der Waals surface area contributed by atoms with Gasteiger partial charge in [-0.3, -0.25) is 0 Å². The highest BCUT2D eigenvalue weighted by Crippen LogP contribution is 2.41.